The molecule has 2 rings (SSSR count). The summed E-state index contributed by atoms with van der Waals surface area (Å²) in [6.45, 7) is 4.11. The van der Waals surface area contributed by atoms with Crippen molar-refractivity contribution in [2.75, 3.05) is 33.7 Å². The SMILES string of the molecule is Cc1ccnc(C2CCN(C(=O)CN(C)C)CC2)n1. The largest absolute Gasteiger partial charge is 0.342 e. The fourth-order valence-electron chi connectivity index (χ4n) is 2.42. The van der Waals surface area contributed by atoms with Gasteiger partial charge in [0.15, 0.2) is 0 Å². The molecule has 0 unspecified atom stereocenters. The maximum atomic E-state index is 12.0. The highest BCUT2D eigenvalue weighted by atomic mass is 16.2. The first kappa shape index (κ1) is 13.9. The number of piperidine rings is 1. The summed E-state index contributed by atoms with van der Waals surface area (Å²) in [7, 11) is 3.84. The number of hydrogen-bond acceptors (Lipinski definition) is 4. The van der Waals surface area contributed by atoms with Crippen molar-refractivity contribution >= 4 is 5.91 Å². The Kier molecular flexibility index (Phi) is 4.47. The lowest BCUT2D eigenvalue weighted by atomic mass is 9.96. The van der Waals surface area contributed by atoms with Crippen LogP contribution in [0.4, 0.5) is 0 Å². The maximum Gasteiger partial charge on any atom is 0.236 e. The van der Waals surface area contributed by atoms with E-state index in [1.54, 1.807) is 0 Å². The molecule has 1 aliphatic rings. The van der Waals surface area contributed by atoms with Crippen molar-refractivity contribution < 1.29 is 4.79 Å². The Hall–Kier alpha value is -1.49. The van der Waals surface area contributed by atoms with Gasteiger partial charge in [0.2, 0.25) is 5.91 Å². The molecule has 0 saturated carbocycles. The Morgan fingerprint density at radius 2 is 2.11 bits per heavy atom. The lowest BCUT2D eigenvalue weighted by Gasteiger charge is -2.32. The lowest BCUT2D eigenvalue weighted by Crippen LogP contribution is -2.42. The van der Waals surface area contributed by atoms with Gasteiger partial charge in [-0.1, -0.05) is 0 Å². The molecular formula is C14H22N4O. The number of amides is 1. The third-order valence-corrected chi connectivity index (χ3v) is 3.48. The maximum absolute atomic E-state index is 12.0. The van der Waals surface area contributed by atoms with Crippen LogP contribution in [0.2, 0.25) is 0 Å². The van der Waals surface area contributed by atoms with Crippen molar-refractivity contribution in [1.29, 1.82) is 0 Å². The molecule has 5 nitrogen and oxygen atoms in total. The number of aryl methyl sites for hydroxylation is 1. The van der Waals surface area contributed by atoms with Gasteiger partial charge < -0.3 is 9.80 Å². The van der Waals surface area contributed by atoms with Crippen LogP contribution < -0.4 is 0 Å². The van der Waals surface area contributed by atoms with Gasteiger partial charge in [0.25, 0.3) is 0 Å². The van der Waals surface area contributed by atoms with E-state index < -0.39 is 0 Å². The molecule has 19 heavy (non-hydrogen) atoms. The standard InChI is InChI=1S/C14H22N4O/c1-11-4-7-15-14(16-11)12-5-8-18(9-6-12)13(19)10-17(2)3/h4,7,12H,5-6,8-10H2,1-3H3. The average Bonchev–Trinajstić information content (AvgIpc) is 2.38. The van der Waals surface area contributed by atoms with E-state index in [4.69, 9.17) is 0 Å². The van der Waals surface area contributed by atoms with Crippen molar-refractivity contribution in [3.05, 3.63) is 23.8 Å². The van der Waals surface area contributed by atoms with E-state index in [-0.39, 0.29) is 5.91 Å². The first-order valence-corrected chi connectivity index (χ1v) is 6.78. The van der Waals surface area contributed by atoms with Crippen molar-refractivity contribution in [2.45, 2.75) is 25.7 Å². The van der Waals surface area contributed by atoms with E-state index >= 15 is 0 Å². The summed E-state index contributed by atoms with van der Waals surface area (Å²) in [5.41, 5.74) is 1.01. The molecule has 1 aliphatic heterocycles. The number of hydrogen-bond donors (Lipinski definition) is 0. The van der Waals surface area contributed by atoms with E-state index in [2.05, 4.69) is 9.97 Å². The van der Waals surface area contributed by atoms with Gasteiger partial charge in [-0.25, -0.2) is 9.97 Å². The molecule has 0 radical (unpaired) electrons. The molecule has 2 heterocycles. The van der Waals surface area contributed by atoms with Crippen LogP contribution in [0.1, 0.15) is 30.3 Å². The quantitative estimate of drug-likeness (QED) is 0.817. The molecule has 0 aromatic carbocycles. The summed E-state index contributed by atoms with van der Waals surface area (Å²) in [6, 6.07) is 1.92. The topological polar surface area (TPSA) is 49.3 Å². The molecule has 1 fully saturated rings. The summed E-state index contributed by atoms with van der Waals surface area (Å²) in [5, 5.41) is 0. The van der Waals surface area contributed by atoms with Gasteiger partial charge in [-0.15, -0.1) is 0 Å². The first-order valence-electron chi connectivity index (χ1n) is 6.78. The summed E-state index contributed by atoms with van der Waals surface area (Å²) >= 11 is 0. The van der Waals surface area contributed by atoms with E-state index in [1.807, 2.05) is 43.1 Å². The predicted molar refractivity (Wildman–Crippen MR) is 73.9 cm³/mol. The zero-order chi connectivity index (χ0) is 13.8. The third kappa shape index (κ3) is 3.73. The summed E-state index contributed by atoms with van der Waals surface area (Å²) in [4.78, 5) is 24.7. The molecule has 0 aliphatic carbocycles. The average molecular weight is 262 g/mol. The van der Waals surface area contributed by atoms with Crippen LogP contribution in [0.25, 0.3) is 0 Å². The molecule has 1 aromatic rings. The van der Waals surface area contributed by atoms with Crippen molar-refractivity contribution in [1.82, 2.24) is 19.8 Å². The minimum atomic E-state index is 0.216. The van der Waals surface area contributed by atoms with Gasteiger partial charge in [0, 0.05) is 30.9 Å². The lowest BCUT2D eigenvalue weighted by molar-refractivity contribution is -0.132. The van der Waals surface area contributed by atoms with E-state index in [0.29, 0.717) is 12.5 Å². The van der Waals surface area contributed by atoms with Crippen LogP contribution in [0.15, 0.2) is 12.3 Å². The number of nitrogens with zero attached hydrogens (tertiary/aromatic N) is 4. The molecule has 1 saturated heterocycles. The van der Waals surface area contributed by atoms with Gasteiger partial charge in [-0.2, -0.15) is 0 Å². The third-order valence-electron chi connectivity index (χ3n) is 3.48. The Morgan fingerprint density at radius 3 is 2.68 bits per heavy atom. The highest BCUT2D eigenvalue weighted by molar-refractivity contribution is 5.78. The number of likely N-dealkylation sites (tertiary alicyclic amines) is 1. The van der Waals surface area contributed by atoms with Crippen molar-refractivity contribution in [3.8, 4) is 0 Å². The minimum absolute atomic E-state index is 0.216. The highest BCUT2D eigenvalue weighted by Crippen LogP contribution is 2.25. The van der Waals surface area contributed by atoms with E-state index in [1.165, 1.54) is 0 Å². The molecule has 0 N–H and O–H groups in total. The van der Waals surface area contributed by atoms with E-state index in [9.17, 15) is 4.79 Å². The molecular weight excluding hydrogens is 240 g/mol. The zero-order valence-electron chi connectivity index (χ0n) is 12.0. The van der Waals surface area contributed by atoms with Gasteiger partial charge in [0.1, 0.15) is 5.82 Å². The molecule has 1 aromatic heterocycles. The molecule has 104 valence electrons. The first-order chi connectivity index (χ1) is 9.06. The molecule has 1 amide bonds. The van der Waals surface area contributed by atoms with Gasteiger partial charge >= 0.3 is 0 Å². The van der Waals surface area contributed by atoms with Crippen molar-refractivity contribution in [3.63, 3.8) is 0 Å². The second-order valence-corrected chi connectivity index (χ2v) is 5.45. The molecule has 0 bridgehead atoms. The fourth-order valence-corrected chi connectivity index (χ4v) is 2.42. The van der Waals surface area contributed by atoms with Crippen molar-refractivity contribution in [2.24, 2.45) is 0 Å². The summed E-state index contributed by atoms with van der Waals surface area (Å²) < 4.78 is 0. The fraction of sp³-hybridized carbons (Fsp3) is 0.643. The molecule has 0 atom stereocenters. The number of carbonyl (C=O) groups is 1. The number of rotatable bonds is 3. The highest BCUT2D eigenvalue weighted by Gasteiger charge is 2.25. The van der Waals surface area contributed by atoms with Gasteiger partial charge in [-0.3, -0.25) is 4.79 Å². The smallest absolute Gasteiger partial charge is 0.236 e. The summed E-state index contributed by atoms with van der Waals surface area (Å²) in [6.07, 6.45) is 3.74. The van der Waals surface area contributed by atoms with E-state index in [0.717, 1.165) is 37.4 Å². The number of likely N-dealkylation sites (N-methyl/N-ethyl adjacent to an activating group) is 1. The monoisotopic (exact) mass is 262 g/mol. The second kappa shape index (κ2) is 6.10. The Balaban J connectivity index is 1.90. The van der Waals surface area contributed by atoms with Crippen LogP contribution in [-0.4, -0.2) is 59.4 Å². The van der Waals surface area contributed by atoms with Gasteiger partial charge in [0.05, 0.1) is 6.54 Å². The van der Waals surface area contributed by atoms with Crippen LogP contribution in [0.3, 0.4) is 0 Å². The molecule has 0 spiro atoms. The Labute approximate surface area is 114 Å². The zero-order valence-corrected chi connectivity index (χ0v) is 12.0. The summed E-state index contributed by atoms with van der Waals surface area (Å²) in [5.74, 6) is 1.54. The van der Waals surface area contributed by atoms with Crippen LogP contribution >= 0.6 is 0 Å². The van der Waals surface area contributed by atoms with Crippen LogP contribution in [0.5, 0.6) is 0 Å². The number of carbonyl (C=O) groups excluding carboxylic acids is 1. The second-order valence-electron chi connectivity index (χ2n) is 5.45. The van der Waals surface area contributed by atoms with Crippen LogP contribution in [-0.2, 0) is 4.79 Å². The van der Waals surface area contributed by atoms with Gasteiger partial charge in [-0.05, 0) is 39.9 Å². The Bertz CT molecular complexity index is 439. The predicted octanol–water partition coefficient (Wildman–Crippen LogP) is 1.05. The molecule has 5 heteroatoms. The Morgan fingerprint density at radius 1 is 1.42 bits per heavy atom. The van der Waals surface area contributed by atoms with Crippen LogP contribution in [0, 0.1) is 6.92 Å². The number of aromatic nitrogens is 2. The normalized spacial score (nSPS) is 16.9. The minimum Gasteiger partial charge on any atom is -0.342 e.